The number of carbonyl (C=O) groups excluding carboxylic acids is 7. The number of carboxylic acid groups (broad SMARTS) is 1. The summed E-state index contributed by atoms with van der Waals surface area (Å²) >= 11 is 0. The maximum Gasteiger partial charge on any atom is 0.338 e. The standard InChI is InChI=1S/C73H94O23/c1-39(2)20-19-21-40(3)51-30-31-52-50-29-28-48-36-49(32-34-72(48,8)53(50)33-35-73(51,52)9)89-70-63(96-71-64(88-44(7)77)61(87-43(6)76)57(86-42(5)75)55(91-71)37-84-41(4)74)59(56(78)60(95-70)65(79)80)94-69-62(93-68(83)47-26-17-12-18-27-47)58(92-67(82)46-24-15-11-16-25-46)54(38-85-69)90-66(81)45-22-13-10-14-23-45/h10-18,22-27,39-40,48-64,69-71,78H,19-21,28-38H2,1-9H3,(H,79,80)/t40-,48+,49+,50+,51-,52+,53+,54-,55-,56+,57+,58+,59+,60+,61+,62-,63-,64-,69+,70-,71+,72+,73-/m1/s1. The highest BCUT2D eigenvalue weighted by Crippen LogP contribution is 2.68. The Morgan fingerprint density at radius 3 is 1.65 bits per heavy atom. The fourth-order valence-electron chi connectivity index (χ4n) is 17.1. The van der Waals surface area contributed by atoms with Crippen LogP contribution in [0.15, 0.2) is 91.0 Å². The van der Waals surface area contributed by atoms with Crippen molar-refractivity contribution in [1.29, 1.82) is 0 Å². The van der Waals surface area contributed by atoms with E-state index >= 15 is 0 Å². The van der Waals surface area contributed by atoms with Crippen molar-refractivity contribution in [2.24, 2.45) is 52.3 Å². The average Bonchev–Trinajstić information content (AvgIpc) is 1.37. The summed E-state index contributed by atoms with van der Waals surface area (Å²) in [5.41, 5.74) is 0.362. The minimum Gasteiger partial charge on any atom is -0.479 e. The summed E-state index contributed by atoms with van der Waals surface area (Å²) in [6.45, 7) is 15.0. The van der Waals surface area contributed by atoms with E-state index in [0.29, 0.717) is 48.3 Å². The second-order valence-electron chi connectivity index (χ2n) is 28.2. The molecule has 7 aliphatic rings. The van der Waals surface area contributed by atoms with Gasteiger partial charge in [-0.3, -0.25) is 19.2 Å². The van der Waals surface area contributed by atoms with Crippen molar-refractivity contribution in [3.8, 4) is 0 Å². The lowest BCUT2D eigenvalue weighted by molar-refractivity contribution is -0.388. The minimum absolute atomic E-state index is 0.00639. The quantitative estimate of drug-likeness (QED) is 0.0507. The number of esters is 7. The van der Waals surface area contributed by atoms with Gasteiger partial charge in [0.25, 0.3) is 0 Å². The van der Waals surface area contributed by atoms with E-state index in [9.17, 15) is 48.6 Å². The van der Waals surface area contributed by atoms with Crippen LogP contribution in [0.5, 0.6) is 0 Å². The highest BCUT2D eigenvalue weighted by molar-refractivity contribution is 5.91. The zero-order valence-corrected chi connectivity index (χ0v) is 56.2. The van der Waals surface area contributed by atoms with Crippen molar-refractivity contribution in [2.45, 2.75) is 231 Å². The van der Waals surface area contributed by atoms with Crippen molar-refractivity contribution in [2.75, 3.05) is 13.2 Å². The van der Waals surface area contributed by atoms with Crippen LogP contribution in [0, 0.1) is 52.3 Å². The number of hydrogen-bond acceptors (Lipinski definition) is 22. The van der Waals surface area contributed by atoms with Crippen molar-refractivity contribution in [3.05, 3.63) is 108 Å². The SMILES string of the molecule is CC(=O)OC[C@H]1O[C@@H](O[C@H]2[C@H](O[C@H]3CC[C@@]4(C)[C@@H](CC[C@@H]5[C@@H]4CC[C@]4(C)[C@@H]([C@H](C)CCCC(C)C)CC[C@@H]54)C3)O[C@H](C(=O)O)[C@@H](O)[C@@H]2O[C@@H]2OC[C@@H](OC(=O)c3ccccc3)[C@H](OC(=O)c3ccccc3)[C@H]2OC(=O)c2ccccc2)[C@H](OC(C)=O)[C@@H](OC(C)=O)[C@H]1OC(C)=O. The Labute approximate surface area is 560 Å². The maximum atomic E-state index is 14.5. The van der Waals surface area contributed by atoms with Gasteiger partial charge in [-0.05, 0) is 146 Å². The Bertz CT molecular complexity index is 3180. The Balaban J connectivity index is 1.02. The molecule has 23 heteroatoms. The Morgan fingerprint density at radius 2 is 1.06 bits per heavy atom. The molecule has 23 nitrogen and oxygen atoms in total. The maximum absolute atomic E-state index is 14.5. The number of fused-ring (bicyclic) bond motifs is 5. The summed E-state index contributed by atoms with van der Waals surface area (Å²) in [5.74, 6) is -4.28. The lowest BCUT2D eigenvalue weighted by Crippen LogP contribution is -2.68. The van der Waals surface area contributed by atoms with E-state index < -0.39 is 153 Å². The molecule has 0 spiro atoms. The van der Waals surface area contributed by atoms with Crippen LogP contribution in [0.3, 0.4) is 0 Å². The minimum atomic E-state index is -2.27. The molecule has 2 N–H and O–H groups in total. The number of carboxylic acids is 1. The van der Waals surface area contributed by atoms with Crippen molar-refractivity contribution < 1.29 is 110 Å². The van der Waals surface area contributed by atoms with Crippen LogP contribution < -0.4 is 0 Å². The zero-order valence-electron chi connectivity index (χ0n) is 56.2. The highest BCUT2D eigenvalue weighted by atomic mass is 16.8. The molecule has 23 atom stereocenters. The summed E-state index contributed by atoms with van der Waals surface area (Å²) < 4.78 is 81.1. The molecule has 0 aromatic heterocycles. The molecule has 96 heavy (non-hydrogen) atoms. The highest BCUT2D eigenvalue weighted by Gasteiger charge is 2.63. The number of hydrogen-bond donors (Lipinski definition) is 2. The van der Waals surface area contributed by atoms with E-state index in [1.807, 2.05) is 0 Å². The average molecular weight is 1340 g/mol. The third-order valence-electron chi connectivity index (χ3n) is 21.6. The number of rotatable bonds is 23. The van der Waals surface area contributed by atoms with Gasteiger partial charge < -0.3 is 71.8 Å². The number of aliphatic hydroxyl groups is 1. The molecule has 0 unspecified atom stereocenters. The molecule has 3 heterocycles. The predicted octanol–water partition coefficient (Wildman–Crippen LogP) is 9.55. The van der Waals surface area contributed by atoms with Crippen molar-refractivity contribution in [3.63, 3.8) is 0 Å². The van der Waals surface area contributed by atoms with Gasteiger partial charge in [0.1, 0.15) is 31.0 Å². The number of carbonyl (C=O) groups is 8. The molecule has 0 bridgehead atoms. The smallest absolute Gasteiger partial charge is 0.338 e. The second kappa shape index (κ2) is 31.3. The first-order valence-corrected chi connectivity index (χ1v) is 34.1. The van der Waals surface area contributed by atoms with Gasteiger partial charge in [0, 0.05) is 27.7 Å². The first kappa shape index (κ1) is 71.9. The fourth-order valence-corrected chi connectivity index (χ4v) is 17.1. The lowest BCUT2D eigenvalue weighted by Gasteiger charge is -2.61. The van der Waals surface area contributed by atoms with E-state index in [1.54, 1.807) is 54.6 Å². The third-order valence-corrected chi connectivity index (χ3v) is 21.6. The van der Waals surface area contributed by atoms with E-state index in [4.69, 9.17) is 61.6 Å². The number of aliphatic carboxylic acids is 1. The van der Waals surface area contributed by atoms with Crippen LogP contribution in [-0.2, 0) is 85.6 Å². The van der Waals surface area contributed by atoms with Gasteiger partial charge in [-0.2, -0.15) is 0 Å². The predicted molar refractivity (Wildman–Crippen MR) is 339 cm³/mol. The molecule has 3 aromatic rings. The molecule has 3 saturated heterocycles. The van der Waals surface area contributed by atoms with Gasteiger partial charge in [0.2, 0.25) is 0 Å². The monoisotopic (exact) mass is 1340 g/mol. The molecule has 7 fully saturated rings. The van der Waals surface area contributed by atoms with E-state index in [2.05, 4.69) is 34.6 Å². The Morgan fingerprint density at radius 1 is 0.531 bits per heavy atom. The summed E-state index contributed by atoms with van der Waals surface area (Å²) in [6.07, 6.45) is -14.7. The molecular formula is C73H94O23. The first-order valence-electron chi connectivity index (χ1n) is 34.1. The van der Waals surface area contributed by atoms with Gasteiger partial charge in [-0.1, -0.05) is 108 Å². The van der Waals surface area contributed by atoms with Gasteiger partial charge in [0.15, 0.2) is 61.6 Å². The van der Waals surface area contributed by atoms with Gasteiger partial charge >= 0.3 is 47.8 Å². The topological polar surface area (TPSA) is 297 Å². The molecule has 4 saturated carbocycles. The third kappa shape index (κ3) is 16.3. The zero-order chi connectivity index (χ0) is 68.8. The summed E-state index contributed by atoms with van der Waals surface area (Å²) in [5, 5.41) is 23.7. The molecule has 524 valence electrons. The van der Waals surface area contributed by atoms with Crippen LogP contribution in [0.1, 0.15) is 170 Å². The van der Waals surface area contributed by atoms with E-state index in [1.165, 1.54) is 74.9 Å². The van der Waals surface area contributed by atoms with Crippen LogP contribution >= 0.6 is 0 Å². The number of ether oxygens (including phenoxy) is 13. The van der Waals surface area contributed by atoms with Crippen LogP contribution in [0.4, 0.5) is 0 Å². The van der Waals surface area contributed by atoms with Crippen LogP contribution in [0.25, 0.3) is 0 Å². The lowest BCUT2D eigenvalue weighted by atomic mass is 9.44. The molecule has 10 rings (SSSR count). The fraction of sp³-hybridized carbons (Fsp3) is 0.644. The first-order chi connectivity index (χ1) is 45.8. The normalized spacial score (nSPS) is 35.9. The van der Waals surface area contributed by atoms with Gasteiger partial charge in [-0.15, -0.1) is 0 Å². The van der Waals surface area contributed by atoms with E-state index in [-0.39, 0.29) is 33.4 Å². The van der Waals surface area contributed by atoms with Crippen LogP contribution in [0.2, 0.25) is 0 Å². The largest absolute Gasteiger partial charge is 0.479 e. The molecule has 0 amide bonds. The summed E-state index contributed by atoms with van der Waals surface area (Å²) in [6, 6.07) is 23.4. The molecular weight excluding hydrogens is 1240 g/mol. The molecule has 0 radical (unpaired) electrons. The number of benzene rings is 3. The van der Waals surface area contributed by atoms with Gasteiger partial charge in [0.05, 0.1) is 29.4 Å². The Hall–Kier alpha value is -6.86. The summed E-state index contributed by atoms with van der Waals surface area (Å²) in [7, 11) is 0. The van der Waals surface area contributed by atoms with Crippen molar-refractivity contribution in [1.82, 2.24) is 0 Å². The molecule has 3 aliphatic heterocycles. The number of aliphatic hydroxyl groups excluding tert-OH is 1. The second-order valence-corrected chi connectivity index (χ2v) is 28.2. The Kier molecular flexibility index (Phi) is 23.5. The van der Waals surface area contributed by atoms with Gasteiger partial charge in [-0.25, -0.2) is 19.2 Å². The van der Waals surface area contributed by atoms with Crippen molar-refractivity contribution >= 4 is 47.8 Å². The summed E-state index contributed by atoms with van der Waals surface area (Å²) in [4.78, 5) is 108. The molecule has 3 aromatic carbocycles. The molecule has 4 aliphatic carbocycles. The van der Waals surface area contributed by atoms with Crippen LogP contribution in [-0.4, -0.2) is 163 Å². The van der Waals surface area contributed by atoms with E-state index in [0.717, 1.165) is 53.4 Å².